The van der Waals surface area contributed by atoms with Crippen molar-refractivity contribution in [2.45, 2.75) is 26.4 Å². The van der Waals surface area contributed by atoms with Crippen molar-refractivity contribution in [3.8, 4) is 11.5 Å². The topological polar surface area (TPSA) is 71.7 Å². The van der Waals surface area contributed by atoms with Gasteiger partial charge in [0.25, 0.3) is 0 Å². The predicted octanol–water partition coefficient (Wildman–Crippen LogP) is 2.93. The number of nitrogens with one attached hydrogen (secondary N) is 1. The fourth-order valence-corrected chi connectivity index (χ4v) is 2.77. The number of benzene rings is 1. The first-order chi connectivity index (χ1) is 11.6. The molecule has 0 amide bonds. The van der Waals surface area contributed by atoms with Crippen molar-refractivity contribution in [1.82, 2.24) is 19.9 Å². The molecule has 0 aliphatic heterocycles. The van der Waals surface area contributed by atoms with Gasteiger partial charge in [0.05, 0.1) is 13.2 Å². The monoisotopic (exact) mass is 326 g/mol. The average molecular weight is 326 g/mol. The van der Waals surface area contributed by atoms with E-state index in [-0.39, 0.29) is 11.8 Å². The molecule has 0 radical (unpaired) electrons. The Morgan fingerprint density at radius 1 is 1.21 bits per heavy atom. The summed E-state index contributed by atoms with van der Waals surface area (Å²) >= 11 is 0. The zero-order chi connectivity index (χ0) is 17.1. The number of methoxy groups -OCH3 is 1. The first-order valence-electron chi connectivity index (χ1n) is 7.99. The maximum atomic E-state index is 9.91. The second-order valence-electron chi connectivity index (χ2n) is 6.10. The summed E-state index contributed by atoms with van der Waals surface area (Å²) in [6.45, 7) is 4.91. The fraction of sp³-hybridized carbons (Fsp3) is 0.333. The standard InChI is InChI=1S/C18H22N4O2/c1-12(2)17(18-21-20-16-6-4-5-9-22(16)18)19-11-13-7-8-15(24-3)14(23)10-13/h4-10,12,17,19,23H,11H2,1-3H3/t17-/m0/s1. The average Bonchev–Trinajstić information content (AvgIpc) is 2.99. The van der Waals surface area contributed by atoms with Crippen molar-refractivity contribution in [1.29, 1.82) is 0 Å². The molecule has 0 saturated carbocycles. The second kappa shape index (κ2) is 6.88. The summed E-state index contributed by atoms with van der Waals surface area (Å²) in [6, 6.07) is 11.3. The van der Waals surface area contributed by atoms with Gasteiger partial charge in [-0.3, -0.25) is 4.40 Å². The molecule has 0 bridgehead atoms. The molecule has 0 saturated heterocycles. The number of phenolic OH excluding ortho intramolecular Hbond substituents is 1. The van der Waals surface area contributed by atoms with Gasteiger partial charge >= 0.3 is 0 Å². The van der Waals surface area contributed by atoms with Crippen molar-refractivity contribution in [2.75, 3.05) is 7.11 Å². The van der Waals surface area contributed by atoms with E-state index in [4.69, 9.17) is 4.74 Å². The van der Waals surface area contributed by atoms with Gasteiger partial charge in [-0.1, -0.05) is 26.0 Å². The smallest absolute Gasteiger partial charge is 0.160 e. The number of aromatic hydroxyl groups is 1. The van der Waals surface area contributed by atoms with Gasteiger partial charge in [-0.15, -0.1) is 10.2 Å². The summed E-state index contributed by atoms with van der Waals surface area (Å²) in [4.78, 5) is 0. The van der Waals surface area contributed by atoms with Gasteiger partial charge in [0.2, 0.25) is 0 Å². The number of hydrogen-bond acceptors (Lipinski definition) is 5. The number of pyridine rings is 1. The van der Waals surface area contributed by atoms with E-state index in [9.17, 15) is 5.11 Å². The van der Waals surface area contributed by atoms with E-state index in [0.717, 1.165) is 17.0 Å². The van der Waals surface area contributed by atoms with Crippen LogP contribution in [0.2, 0.25) is 0 Å². The van der Waals surface area contributed by atoms with E-state index >= 15 is 0 Å². The van der Waals surface area contributed by atoms with Crippen molar-refractivity contribution < 1.29 is 9.84 Å². The van der Waals surface area contributed by atoms with Crippen molar-refractivity contribution in [3.05, 3.63) is 54.0 Å². The van der Waals surface area contributed by atoms with Crippen LogP contribution in [0.25, 0.3) is 5.65 Å². The number of ether oxygens (including phenoxy) is 1. The highest BCUT2D eigenvalue weighted by molar-refractivity contribution is 5.41. The third kappa shape index (κ3) is 3.19. The highest BCUT2D eigenvalue weighted by atomic mass is 16.5. The molecule has 0 fully saturated rings. The van der Waals surface area contributed by atoms with Crippen LogP contribution in [0.1, 0.15) is 31.3 Å². The van der Waals surface area contributed by atoms with Crippen LogP contribution < -0.4 is 10.1 Å². The summed E-state index contributed by atoms with van der Waals surface area (Å²) < 4.78 is 7.08. The number of hydrogen-bond donors (Lipinski definition) is 2. The molecular formula is C18H22N4O2. The zero-order valence-electron chi connectivity index (χ0n) is 14.1. The minimum absolute atomic E-state index is 0.0478. The maximum Gasteiger partial charge on any atom is 0.160 e. The van der Waals surface area contributed by atoms with Gasteiger partial charge in [-0.2, -0.15) is 0 Å². The molecular weight excluding hydrogens is 304 g/mol. The van der Waals surface area contributed by atoms with Gasteiger partial charge in [0.1, 0.15) is 0 Å². The Bertz CT molecular complexity index is 829. The number of phenols is 1. The van der Waals surface area contributed by atoms with Gasteiger partial charge in [0.15, 0.2) is 23.0 Å². The Morgan fingerprint density at radius 3 is 2.75 bits per heavy atom. The molecule has 2 aromatic heterocycles. The molecule has 3 rings (SSSR count). The quantitative estimate of drug-likeness (QED) is 0.729. The maximum absolute atomic E-state index is 9.91. The summed E-state index contributed by atoms with van der Waals surface area (Å²) in [5.41, 5.74) is 1.81. The first kappa shape index (κ1) is 16.3. The van der Waals surface area contributed by atoms with Crippen LogP contribution in [0.5, 0.6) is 11.5 Å². The molecule has 0 spiro atoms. The third-order valence-corrected chi connectivity index (χ3v) is 4.05. The molecule has 2 heterocycles. The molecule has 0 aliphatic rings. The molecule has 2 N–H and O–H groups in total. The summed E-state index contributed by atoms with van der Waals surface area (Å²) in [7, 11) is 1.54. The van der Waals surface area contributed by atoms with Gasteiger partial charge in [-0.25, -0.2) is 0 Å². The molecule has 6 nitrogen and oxygen atoms in total. The first-order valence-corrected chi connectivity index (χ1v) is 7.99. The van der Waals surface area contributed by atoms with E-state index < -0.39 is 0 Å². The van der Waals surface area contributed by atoms with E-state index in [1.807, 2.05) is 34.9 Å². The Balaban J connectivity index is 1.81. The Morgan fingerprint density at radius 2 is 2.04 bits per heavy atom. The number of fused-ring (bicyclic) bond motifs is 1. The van der Waals surface area contributed by atoms with E-state index in [0.29, 0.717) is 18.2 Å². The predicted molar refractivity (Wildman–Crippen MR) is 92.1 cm³/mol. The highest BCUT2D eigenvalue weighted by Gasteiger charge is 2.21. The van der Waals surface area contributed by atoms with Crippen molar-refractivity contribution >= 4 is 5.65 Å². The third-order valence-electron chi connectivity index (χ3n) is 4.05. The number of aromatic nitrogens is 3. The highest BCUT2D eigenvalue weighted by Crippen LogP contribution is 2.27. The molecule has 24 heavy (non-hydrogen) atoms. The number of nitrogens with zero attached hydrogens (tertiary/aromatic N) is 3. The van der Waals surface area contributed by atoms with Crippen LogP contribution in [-0.2, 0) is 6.54 Å². The fourth-order valence-electron chi connectivity index (χ4n) is 2.77. The number of rotatable bonds is 6. The molecule has 1 aromatic carbocycles. The van der Waals surface area contributed by atoms with Crippen LogP contribution >= 0.6 is 0 Å². The van der Waals surface area contributed by atoms with Crippen molar-refractivity contribution in [3.63, 3.8) is 0 Å². The SMILES string of the molecule is COc1ccc(CN[C@H](c2nnc3ccccn23)C(C)C)cc1O. The molecule has 3 aromatic rings. The lowest BCUT2D eigenvalue weighted by Gasteiger charge is -2.21. The minimum atomic E-state index is 0.0478. The lowest BCUT2D eigenvalue weighted by Crippen LogP contribution is -2.27. The van der Waals surface area contributed by atoms with E-state index in [1.54, 1.807) is 12.1 Å². The zero-order valence-corrected chi connectivity index (χ0v) is 14.1. The van der Waals surface area contributed by atoms with Gasteiger partial charge < -0.3 is 15.2 Å². The van der Waals surface area contributed by atoms with Gasteiger partial charge in [0, 0.05) is 12.7 Å². The Hall–Kier alpha value is -2.60. The largest absolute Gasteiger partial charge is 0.504 e. The lowest BCUT2D eigenvalue weighted by atomic mass is 10.0. The molecule has 0 aliphatic carbocycles. The molecule has 6 heteroatoms. The Kier molecular flexibility index (Phi) is 4.66. The van der Waals surface area contributed by atoms with Crippen LogP contribution in [0.15, 0.2) is 42.6 Å². The van der Waals surface area contributed by atoms with Crippen LogP contribution in [0.3, 0.4) is 0 Å². The Labute approximate surface area is 141 Å². The van der Waals surface area contributed by atoms with Gasteiger partial charge in [-0.05, 0) is 35.7 Å². The van der Waals surface area contributed by atoms with Crippen LogP contribution in [0.4, 0.5) is 0 Å². The second-order valence-corrected chi connectivity index (χ2v) is 6.10. The van der Waals surface area contributed by atoms with E-state index in [2.05, 4.69) is 29.4 Å². The lowest BCUT2D eigenvalue weighted by molar-refractivity contribution is 0.371. The molecule has 126 valence electrons. The molecule has 1 atom stereocenters. The van der Waals surface area contributed by atoms with Crippen molar-refractivity contribution in [2.24, 2.45) is 5.92 Å². The summed E-state index contributed by atoms with van der Waals surface area (Å²) in [6.07, 6.45) is 1.97. The normalized spacial score (nSPS) is 12.7. The molecule has 0 unspecified atom stereocenters. The summed E-state index contributed by atoms with van der Waals surface area (Å²) in [5.74, 6) is 1.84. The van der Waals surface area contributed by atoms with E-state index in [1.165, 1.54) is 7.11 Å². The summed E-state index contributed by atoms with van der Waals surface area (Å²) in [5, 5.41) is 22.0. The van der Waals surface area contributed by atoms with Crippen LogP contribution in [0, 0.1) is 5.92 Å². The minimum Gasteiger partial charge on any atom is -0.504 e. The van der Waals surface area contributed by atoms with Crippen LogP contribution in [-0.4, -0.2) is 26.8 Å².